The zero-order valence-corrected chi connectivity index (χ0v) is 20.1. The minimum atomic E-state index is -0.261. The standard InChI is InChI=1S/C26H29N5O4/c1-33-22-14-18(15-23(34-2)26(22)35-3)6-11-25(32)29-20-9-7-19(8-10-20)28-24-16-21(17-27-30-24)31-12-4-5-13-31/h6-11,14-17H,4-5,12-13H2,1-3H3,(H,28,30)(H,29,32)/b11-6+. The van der Waals surface area contributed by atoms with E-state index in [1.54, 1.807) is 45.7 Å². The Morgan fingerprint density at radius 3 is 2.23 bits per heavy atom. The van der Waals surface area contributed by atoms with Crippen LogP contribution in [-0.4, -0.2) is 50.5 Å². The molecule has 4 rings (SSSR count). The fourth-order valence-corrected chi connectivity index (χ4v) is 3.90. The molecule has 0 aliphatic carbocycles. The second-order valence-electron chi connectivity index (χ2n) is 7.98. The van der Waals surface area contributed by atoms with Crippen molar-refractivity contribution in [3.8, 4) is 17.2 Å². The van der Waals surface area contributed by atoms with Gasteiger partial charge in [-0.25, -0.2) is 0 Å². The molecule has 1 aliphatic rings. The Hall–Kier alpha value is -4.27. The minimum Gasteiger partial charge on any atom is -0.493 e. The second-order valence-corrected chi connectivity index (χ2v) is 7.98. The maximum atomic E-state index is 12.4. The fraction of sp³-hybridized carbons (Fsp3) is 0.269. The molecule has 2 N–H and O–H groups in total. The van der Waals surface area contributed by atoms with Crippen molar-refractivity contribution < 1.29 is 19.0 Å². The fourth-order valence-electron chi connectivity index (χ4n) is 3.90. The molecule has 0 unspecified atom stereocenters. The largest absolute Gasteiger partial charge is 0.493 e. The van der Waals surface area contributed by atoms with Crippen molar-refractivity contribution in [3.63, 3.8) is 0 Å². The Morgan fingerprint density at radius 2 is 1.60 bits per heavy atom. The van der Waals surface area contributed by atoms with Gasteiger partial charge in [0.2, 0.25) is 11.7 Å². The first kappa shape index (κ1) is 23.9. The molecule has 0 bridgehead atoms. The van der Waals surface area contributed by atoms with E-state index in [0.29, 0.717) is 28.8 Å². The molecule has 3 aromatic rings. The normalized spacial score (nSPS) is 13.1. The van der Waals surface area contributed by atoms with Gasteiger partial charge in [-0.05, 0) is 60.9 Å². The van der Waals surface area contributed by atoms with Crippen LogP contribution in [0.4, 0.5) is 22.9 Å². The van der Waals surface area contributed by atoms with Crippen LogP contribution in [0.15, 0.2) is 54.7 Å². The molecule has 1 aromatic heterocycles. The number of hydrogen-bond acceptors (Lipinski definition) is 8. The number of aromatic nitrogens is 2. The Kier molecular flexibility index (Phi) is 7.67. The van der Waals surface area contributed by atoms with Crippen LogP contribution in [0.5, 0.6) is 17.2 Å². The first-order valence-corrected chi connectivity index (χ1v) is 11.3. The highest BCUT2D eigenvalue weighted by Crippen LogP contribution is 2.38. The first-order valence-electron chi connectivity index (χ1n) is 11.3. The number of nitrogens with zero attached hydrogens (tertiary/aromatic N) is 3. The van der Waals surface area contributed by atoms with Crippen molar-refractivity contribution in [2.24, 2.45) is 0 Å². The highest BCUT2D eigenvalue weighted by molar-refractivity contribution is 6.02. The lowest BCUT2D eigenvalue weighted by Gasteiger charge is -2.17. The van der Waals surface area contributed by atoms with E-state index in [1.165, 1.54) is 18.9 Å². The third kappa shape index (κ3) is 6.00. The molecule has 2 heterocycles. The summed E-state index contributed by atoms with van der Waals surface area (Å²) in [5.74, 6) is 1.96. The third-order valence-electron chi connectivity index (χ3n) is 5.65. The van der Waals surface area contributed by atoms with E-state index in [9.17, 15) is 4.79 Å². The van der Waals surface area contributed by atoms with Crippen LogP contribution in [0.2, 0.25) is 0 Å². The van der Waals surface area contributed by atoms with E-state index in [1.807, 2.05) is 30.3 Å². The molecule has 1 aliphatic heterocycles. The minimum absolute atomic E-state index is 0.261. The zero-order chi connectivity index (χ0) is 24.6. The van der Waals surface area contributed by atoms with Crippen LogP contribution in [0.25, 0.3) is 6.08 Å². The second kappa shape index (κ2) is 11.2. The van der Waals surface area contributed by atoms with Crippen molar-refractivity contribution in [2.75, 3.05) is 50.0 Å². The summed E-state index contributed by atoms with van der Waals surface area (Å²) >= 11 is 0. The Labute approximate surface area is 204 Å². The Bertz CT molecular complexity index is 1170. The summed E-state index contributed by atoms with van der Waals surface area (Å²) in [6.45, 7) is 2.10. The number of carbonyl (C=O) groups excluding carboxylic acids is 1. The van der Waals surface area contributed by atoms with Crippen LogP contribution >= 0.6 is 0 Å². The molecule has 0 saturated carbocycles. The summed E-state index contributed by atoms with van der Waals surface area (Å²) in [5.41, 5.74) is 3.34. The molecule has 0 atom stereocenters. The molecule has 0 radical (unpaired) electrons. The predicted molar refractivity (Wildman–Crippen MR) is 137 cm³/mol. The van der Waals surface area contributed by atoms with Crippen molar-refractivity contribution in [2.45, 2.75) is 12.8 Å². The van der Waals surface area contributed by atoms with Gasteiger partial charge in [-0.3, -0.25) is 4.79 Å². The van der Waals surface area contributed by atoms with Crippen molar-refractivity contribution in [1.82, 2.24) is 10.2 Å². The van der Waals surface area contributed by atoms with E-state index in [2.05, 4.69) is 25.7 Å². The molecule has 1 amide bonds. The molecule has 1 saturated heterocycles. The lowest BCUT2D eigenvalue weighted by molar-refractivity contribution is -0.111. The monoisotopic (exact) mass is 475 g/mol. The van der Waals surface area contributed by atoms with Gasteiger partial charge in [-0.1, -0.05) is 0 Å². The molecule has 9 heteroatoms. The van der Waals surface area contributed by atoms with E-state index >= 15 is 0 Å². The summed E-state index contributed by atoms with van der Waals surface area (Å²) in [5, 5.41) is 14.4. The van der Waals surface area contributed by atoms with Gasteiger partial charge < -0.3 is 29.7 Å². The summed E-state index contributed by atoms with van der Waals surface area (Å²) in [7, 11) is 4.64. The number of methoxy groups -OCH3 is 3. The van der Waals surface area contributed by atoms with E-state index in [-0.39, 0.29) is 5.91 Å². The number of nitrogens with one attached hydrogen (secondary N) is 2. The predicted octanol–water partition coefficient (Wildman–Crippen LogP) is 4.50. The number of ether oxygens (including phenoxy) is 3. The van der Waals surface area contributed by atoms with Gasteiger partial charge in [-0.2, -0.15) is 5.10 Å². The average Bonchev–Trinajstić information content (AvgIpc) is 3.43. The summed E-state index contributed by atoms with van der Waals surface area (Å²) in [6.07, 6.45) is 7.33. The van der Waals surface area contributed by atoms with E-state index < -0.39 is 0 Å². The summed E-state index contributed by atoms with van der Waals surface area (Å²) in [4.78, 5) is 14.7. The average molecular weight is 476 g/mol. The maximum Gasteiger partial charge on any atom is 0.248 e. The van der Waals surface area contributed by atoms with Crippen molar-refractivity contribution in [3.05, 3.63) is 60.3 Å². The summed E-state index contributed by atoms with van der Waals surface area (Å²) < 4.78 is 16.0. The molecule has 0 spiro atoms. The van der Waals surface area contributed by atoms with Gasteiger partial charge in [-0.15, -0.1) is 5.10 Å². The Balaban J connectivity index is 1.37. The van der Waals surface area contributed by atoms with E-state index in [4.69, 9.17) is 14.2 Å². The maximum absolute atomic E-state index is 12.4. The molecule has 1 fully saturated rings. The SMILES string of the molecule is COc1cc(/C=C/C(=O)Nc2ccc(Nc3cc(N4CCCC4)cnn3)cc2)cc(OC)c1OC. The lowest BCUT2D eigenvalue weighted by atomic mass is 10.1. The van der Waals surface area contributed by atoms with Gasteiger partial charge in [0, 0.05) is 36.6 Å². The van der Waals surface area contributed by atoms with Gasteiger partial charge in [0.1, 0.15) is 0 Å². The zero-order valence-electron chi connectivity index (χ0n) is 20.1. The molecule has 35 heavy (non-hydrogen) atoms. The topological polar surface area (TPSA) is 97.8 Å². The number of benzene rings is 2. The smallest absolute Gasteiger partial charge is 0.248 e. The molecule has 182 valence electrons. The third-order valence-corrected chi connectivity index (χ3v) is 5.65. The molecule has 2 aromatic carbocycles. The Morgan fingerprint density at radius 1 is 0.943 bits per heavy atom. The van der Waals surface area contributed by atoms with E-state index in [0.717, 1.165) is 30.0 Å². The lowest BCUT2D eigenvalue weighted by Crippen LogP contribution is -2.18. The van der Waals surface area contributed by atoms with Crippen LogP contribution in [-0.2, 0) is 4.79 Å². The number of amides is 1. The van der Waals surface area contributed by atoms with Crippen molar-refractivity contribution >= 4 is 34.9 Å². The van der Waals surface area contributed by atoms with Crippen LogP contribution in [0.1, 0.15) is 18.4 Å². The molecular formula is C26H29N5O4. The number of rotatable bonds is 9. The molecule has 9 nitrogen and oxygen atoms in total. The van der Waals surface area contributed by atoms with Gasteiger partial charge in [0.05, 0.1) is 33.2 Å². The van der Waals surface area contributed by atoms with Gasteiger partial charge in [0.15, 0.2) is 17.3 Å². The first-order chi connectivity index (χ1) is 17.1. The van der Waals surface area contributed by atoms with Crippen LogP contribution in [0.3, 0.4) is 0 Å². The molecular weight excluding hydrogens is 446 g/mol. The number of hydrogen-bond donors (Lipinski definition) is 2. The van der Waals surface area contributed by atoms with Gasteiger partial charge >= 0.3 is 0 Å². The number of anilines is 4. The number of carbonyl (C=O) groups is 1. The van der Waals surface area contributed by atoms with Crippen LogP contribution in [0, 0.1) is 0 Å². The van der Waals surface area contributed by atoms with Gasteiger partial charge in [0.25, 0.3) is 0 Å². The highest BCUT2D eigenvalue weighted by Gasteiger charge is 2.14. The van der Waals surface area contributed by atoms with Crippen molar-refractivity contribution in [1.29, 1.82) is 0 Å². The highest BCUT2D eigenvalue weighted by atomic mass is 16.5. The quantitative estimate of drug-likeness (QED) is 0.437. The van der Waals surface area contributed by atoms with Crippen LogP contribution < -0.4 is 29.7 Å². The summed E-state index contributed by atoms with van der Waals surface area (Å²) in [6, 6.07) is 12.9.